The Balaban J connectivity index is 0.000000364. The van der Waals surface area contributed by atoms with E-state index in [4.69, 9.17) is 49.7 Å². The fraction of sp³-hybridized carbons (Fsp3) is 0.857. The Kier molecular flexibility index (Phi) is 13.8. The maximum atomic E-state index is 4.92. The van der Waals surface area contributed by atoms with Crippen molar-refractivity contribution >= 4 is 58.3 Å². The van der Waals surface area contributed by atoms with Gasteiger partial charge in [0.2, 0.25) is 0 Å². The largest absolute Gasteiger partial charge is 2.00 e. The van der Waals surface area contributed by atoms with E-state index >= 15 is 0 Å². The van der Waals surface area contributed by atoms with Crippen molar-refractivity contribution in [3.05, 3.63) is 0 Å². The smallest absolute Gasteiger partial charge is 0.411 e. The minimum atomic E-state index is 0. The van der Waals surface area contributed by atoms with Crippen LogP contribution in [0, 0.1) is 0 Å². The Morgan fingerprint density at radius 3 is 1.00 bits per heavy atom. The van der Waals surface area contributed by atoms with E-state index in [0.29, 0.717) is 8.64 Å². The van der Waals surface area contributed by atoms with Crippen LogP contribution < -0.4 is 0 Å². The topological polar surface area (TPSA) is 6.48 Å². The zero-order valence-corrected chi connectivity index (χ0v) is 19.0. The second-order valence-corrected chi connectivity index (χ2v) is 7.40. The summed E-state index contributed by atoms with van der Waals surface area (Å²) in [5.74, 6) is 0. The van der Waals surface area contributed by atoms with Crippen molar-refractivity contribution in [1.82, 2.24) is 9.80 Å². The summed E-state index contributed by atoms with van der Waals surface area (Å²) in [7, 11) is 0. The van der Waals surface area contributed by atoms with Gasteiger partial charge in [0.15, 0.2) is 0 Å². The Morgan fingerprint density at radius 2 is 0.810 bits per heavy atom. The summed E-state index contributed by atoms with van der Waals surface area (Å²) in [5.41, 5.74) is 0. The molecule has 2 saturated heterocycles. The minimum Gasteiger partial charge on any atom is -0.411 e. The zero-order valence-electron chi connectivity index (χ0n) is 12.7. The normalized spacial score (nSPS) is 19.2. The summed E-state index contributed by atoms with van der Waals surface area (Å²) in [6.07, 6.45) is 10.4. The van der Waals surface area contributed by atoms with E-state index < -0.39 is 0 Å². The van der Waals surface area contributed by atoms with Gasteiger partial charge in [-0.1, -0.05) is 34.3 Å². The van der Waals surface area contributed by atoms with Crippen molar-refractivity contribution in [3.8, 4) is 0 Å². The molecule has 0 aliphatic carbocycles. The molecule has 2 fully saturated rings. The molecular weight excluding hydrogens is 390 g/mol. The Hall–Kier alpha value is 0.843. The monoisotopic (exact) mass is 412 g/mol. The van der Waals surface area contributed by atoms with Crippen molar-refractivity contribution < 1.29 is 19.5 Å². The molecule has 0 aromatic rings. The molecule has 0 N–H and O–H groups in total. The van der Waals surface area contributed by atoms with Crippen molar-refractivity contribution in [2.75, 3.05) is 26.2 Å². The molecule has 0 unspecified atom stereocenters. The summed E-state index contributed by atoms with van der Waals surface area (Å²) in [6.45, 7) is 4.34. The molecule has 0 spiro atoms. The summed E-state index contributed by atoms with van der Waals surface area (Å²) in [5, 5.41) is 0. The van der Waals surface area contributed by atoms with Crippen molar-refractivity contribution in [3.63, 3.8) is 0 Å². The van der Waals surface area contributed by atoms with E-state index in [1.807, 2.05) is 0 Å². The molecule has 0 saturated carbocycles. The van der Waals surface area contributed by atoms with Crippen LogP contribution in [0.4, 0.5) is 0 Å². The molecule has 0 atom stereocenters. The molecule has 116 valence electrons. The average Bonchev–Trinajstić information content (AvgIpc) is 2.84. The average molecular weight is 414 g/mol. The SMILES string of the molecule is S=C([S-])N1CCCCCC1.S=C([S-])N1CCCCCC1.[Zn+2]. The molecule has 21 heavy (non-hydrogen) atoms. The molecule has 0 bridgehead atoms. The third kappa shape index (κ3) is 10.3. The number of thiocarbonyl (C=S) groups is 2. The summed E-state index contributed by atoms with van der Waals surface area (Å²) >= 11 is 19.7. The van der Waals surface area contributed by atoms with Crippen LogP contribution in [0.2, 0.25) is 0 Å². The molecule has 2 rings (SSSR count). The van der Waals surface area contributed by atoms with Gasteiger partial charge >= 0.3 is 19.5 Å². The van der Waals surface area contributed by atoms with Gasteiger partial charge in [0.05, 0.1) is 0 Å². The Bertz CT molecular complexity index is 269. The van der Waals surface area contributed by atoms with Crippen molar-refractivity contribution in [2.24, 2.45) is 0 Å². The van der Waals surface area contributed by atoms with E-state index in [-0.39, 0.29) is 19.5 Å². The predicted molar refractivity (Wildman–Crippen MR) is 100 cm³/mol. The van der Waals surface area contributed by atoms with Gasteiger partial charge in [0, 0.05) is 26.2 Å². The van der Waals surface area contributed by atoms with Crippen LogP contribution in [-0.4, -0.2) is 44.6 Å². The van der Waals surface area contributed by atoms with Crippen molar-refractivity contribution in [2.45, 2.75) is 51.4 Å². The second kappa shape index (κ2) is 13.3. The fourth-order valence-electron chi connectivity index (χ4n) is 2.51. The second-order valence-electron chi connectivity index (χ2n) is 5.33. The number of likely N-dealkylation sites (tertiary alicyclic amines) is 2. The number of rotatable bonds is 0. The molecule has 2 heterocycles. The molecule has 0 aromatic carbocycles. The van der Waals surface area contributed by atoms with Gasteiger partial charge in [0.1, 0.15) is 0 Å². The molecule has 0 radical (unpaired) electrons. The third-order valence-corrected chi connectivity index (χ3v) is 4.76. The van der Waals surface area contributed by atoms with Crippen LogP contribution in [0.25, 0.3) is 0 Å². The van der Waals surface area contributed by atoms with E-state index in [1.54, 1.807) is 0 Å². The standard InChI is InChI=1S/2C7H13NS2.Zn/c2*9-7(10)8-5-3-1-2-4-6-8;/h2*1-6H2,(H,9,10);/q;;+2/p-2. The minimum absolute atomic E-state index is 0. The molecule has 2 nitrogen and oxygen atoms in total. The Morgan fingerprint density at radius 1 is 0.571 bits per heavy atom. The fourth-order valence-corrected chi connectivity index (χ4v) is 3.24. The summed E-state index contributed by atoms with van der Waals surface area (Å²) in [4.78, 5) is 4.27. The van der Waals surface area contributed by atoms with E-state index in [9.17, 15) is 0 Å². The molecule has 2 aliphatic heterocycles. The first kappa shape index (κ1) is 21.8. The van der Waals surface area contributed by atoms with Gasteiger partial charge in [-0.3, -0.25) is 0 Å². The molecular formula is C14H24N2S4Zn. The molecule has 0 amide bonds. The van der Waals surface area contributed by atoms with E-state index in [0.717, 1.165) is 26.2 Å². The van der Waals surface area contributed by atoms with Gasteiger partial charge in [-0.25, -0.2) is 0 Å². The van der Waals surface area contributed by atoms with Gasteiger partial charge in [0.25, 0.3) is 0 Å². The first-order valence-electron chi connectivity index (χ1n) is 7.53. The molecule has 7 heteroatoms. The quantitative estimate of drug-likeness (QED) is 0.339. The number of hydrogen-bond acceptors (Lipinski definition) is 4. The maximum absolute atomic E-state index is 4.92. The van der Waals surface area contributed by atoms with E-state index in [1.165, 1.54) is 51.4 Å². The van der Waals surface area contributed by atoms with Crippen LogP contribution in [-0.2, 0) is 44.7 Å². The molecule has 2 aliphatic rings. The number of nitrogens with zero attached hydrogens (tertiary/aromatic N) is 2. The summed E-state index contributed by atoms with van der Waals surface area (Å²) in [6, 6.07) is 0. The first-order chi connectivity index (χ1) is 9.61. The van der Waals surface area contributed by atoms with Gasteiger partial charge < -0.3 is 59.5 Å². The predicted octanol–water partition coefficient (Wildman–Crippen LogP) is 3.39. The van der Waals surface area contributed by atoms with E-state index in [2.05, 4.69) is 9.80 Å². The van der Waals surface area contributed by atoms with Crippen LogP contribution >= 0.6 is 24.4 Å². The van der Waals surface area contributed by atoms with Crippen LogP contribution in [0.5, 0.6) is 0 Å². The molecule has 0 aromatic heterocycles. The number of hydrogen-bond donors (Lipinski definition) is 0. The van der Waals surface area contributed by atoms with Crippen LogP contribution in [0.1, 0.15) is 51.4 Å². The van der Waals surface area contributed by atoms with Gasteiger partial charge in [-0.2, -0.15) is 0 Å². The van der Waals surface area contributed by atoms with Gasteiger partial charge in [-0.05, 0) is 25.7 Å². The van der Waals surface area contributed by atoms with Crippen molar-refractivity contribution in [1.29, 1.82) is 0 Å². The first-order valence-corrected chi connectivity index (χ1v) is 9.16. The Labute approximate surface area is 164 Å². The maximum Gasteiger partial charge on any atom is 2.00 e. The van der Waals surface area contributed by atoms with Gasteiger partial charge in [-0.15, -0.1) is 0 Å². The zero-order chi connectivity index (χ0) is 14.8. The van der Waals surface area contributed by atoms with Crippen LogP contribution in [0.15, 0.2) is 0 Å². The summed E-state index contributed by atoms with van der Waals surface area (Å²) < 4.78 is 1.31. The third-order valence-electron chi connectivity index (χ3n) is 3.73. The van der Waals surface area contributed by atoms with Crippen LogP contribution in [0.3, 0.4) is 0 Å².